The van der Waals surface area contributed by atoms with Gasteiger partial charge in [-0.25, -0.2) is 0 Å². The highest BCUT2D eigenvalue weighted by Gasteiger charge is 2.25. The molecule has 3 rings (SSSR count). The number of benzene rings is 1. The molecule has 142 valence electrons. The van der Waals surface area contributed by atoms with Crippen LogP contribution in [0.1, 0.15) is 19.8 Å². The summed E-state index contributed by atoms with van der Waals surface area (Å²) in [6.07, 6.45) is 1.65. The number of ether oxygens (including phenoxy) is 2. The zero-order valence-corrected chi connectivity index (χ0v) is 15.2. The zero-order valence-electron chi connectivity index (χ0n) is 15.2. The van der Waals surface area contributed by atoms with Gasteiger partial charge in [0.25, 0.3) is 5.91 Å². The first-order valence-corrected chi connectivity index (χ1v) is 9.25. The first kappa shape index (κ1) is 18.7. The number of hydrogen-bond donors (Lipinski definition) is 2. The van der Waals surface area contributed by atoms with E-state index in [0.717, 1.165) is 19.4 Å². The molecule has 7 heteroatoms. The van der Waals surface area contributed by atoms with E-state index in [4.69, 9.17) is 9.47 Å². The molecule has 2 heterocycles. The fraction of sp³-hybridized carbons (Fsp3) is 0.579. The van der Waals surface area contributed by atoms with Gasteiger partial charge in [0.05, 0.1) is 18.9 Å². The molecule has 0 spiro atoms. The van der Waals surface area contributed by atoms with Gasteiger partial charge in [0, 0.05) is 25.0 Å². The molecule has 0 bridgehead atoms. The van der Waals surface area contributed by atoms with Crippen LogP contribution in [0.15, 0.2) is 24.3 Å². The van der Waals surface area contributed by atoms with Crippen LogP contribution in [0.5, 0.6) is 5.75 Å². The molecule has 2 atom stereocenters. The Kier molecular flexibility index (Phi) is 6.46. The van der Waals surface area contributed by atoms with Crippen molar-refractivity contribution in [3.63, 3.8) is 0 Å². The molecule has 0 radical (unpaired) electrons. The van der Waals surface area contributed by atoms with E-state index in [1.807, 2.05) is 12.1 Å². The summed E-state index contributed by atoms with van der Waals surface area (Å²) < 4.78 is 11.0. The molecule has 2 saturated heterocycles. The van der Waals surface area contributed by atoms with E-state index in [-0.39, 0.29) is 24.3 Å². The third-order valence-electron chi connectivity index (χ3n) is 4.85. The minimum Gasteiger partial charge on any atom is -0.482 e. The molecule has 2 fully saturated rings. The highest BCUT2D eigenvalue weighted by Crippen LogP contribution is 2.26. The number of morpholine rings is 1. The van der Waals surface area contributed by atoms with E-state index in [1.54, 1.807) is 17.0 Å². The van der Waals surface area contributed by atoms with Crippen molar-refractivity contribution >= 4 is 17.5 Å². The standard InChI is InChI=1S/C19H27N3O4/c1-14-12-15(6-7-20-14)19(24)21-16-4-2-3-5-17(16)26-13-18(23)22-8-10-25-11-9-22/h2-5,14-15,20H,6-13H2,1H3,(H,21,24)/t14-,15-/m0/s1. The lowest BCUT2D eigenvalue weighted by Crippen LogP contribution is -2.43. The van der Waals surface area contributed by atoms with E-state index in [0.29, 0.717) is 43.8 Å². The summed E-state index contributed by atoms with van der Waals surface area (Å²) in [6.45, 7) is 5.21. The molecule has 2 aliphatic rings. The normalized spacial score (nSPS) is 23.3. The number of nitrogens with zero attached hydrogens (tertiary/aromatic N) is 1. The van der Waals surface area contributed by atoms with Crippen molar-refractivity contribution in [1.29, 1.82) is 0 Å². The molecule has 2 aliphatic heterocycles. The first-order chi connectivity index (χ1) is 12.6. The van der Waals surface area contributed by atoms with Crippen LogP contribution in [0, 0.1) is 5.92 Å². The Balaban J connectivity index is 1.57. The second kappa shape index (κ2) is 9.00. The second-order valence-electron chi connectivity index (χ2n) is 6.84. The average molecular weight is 361 g/mol. The second-order valence-corrected chi connectivity index (χ2v) is 6.84. The van der Waals surface area contributed by atoms with E-state index in [1.165, 1.54) is 0 Å². The SMILES string of the molecule is C[C@H]1C[C@@H](C(=O)Nc2ccccc2OCC(=O)N2CCOCC2)CCN1. The van der Waals surface area contributed by atoms with Gasteiger partial charge in [-0.2, -0.15) is 0 Å². The smallest absolute Gasteiger partial charge is 0.260 e. The number of carbonyl (C=O) groups is 2. The van der Waals surface area contributed by atoms with Gasteiger partial charge in [-0.05, 0) is 38.4 Å². The molecule has 2 N–H and O–H groups in total. The van der Waals surface area contributed by atoms with E-state index >= 15 is 0 Å². The van der Waals surface area contributed by atoms with Crippen LogP contribution >= 0.6 is 0 Å². The van der Waals surface area contributed by atoms with Crippen molar-refractivity contribution in [3.8, 4) is 5.75 Å². The van der Waals surface area contributed by atoms with Gasteiger partial charge in [0.15, 0.2) is 6.61 Å². The van der Waals surface area contributed by atoms with Crippen LogP contribution in [0.25, 0.3) is 0 Å². The lowest BCUT2D eigenvalue weighted by Gasteiger charge is -2.28. The molecule has 1 aromatic carbocycles. The van der Waals surface area contributed by atoms with Gasteiger partial charge in [0.2, 0.25) is 5.91 Å². The number of anilines is 1. The monoisotopic (exact) mass is 361 g/mol. The van der Waals surface area contributed by atoms with Crippen molar-refractivity contribution in [2.75, 3.05) is 44.8 Å². The van der Waals surface area contributed by atoms with Crippen LogP contribution < -0.4 is 15.4 Å². The van der Waals surface area contributed by atoms with Crippen molar-refractivity contribution in [1.82, 2.24) is 10.2 Å². The Labute approximate surface area is 154 Å². The molecular weight excluding hydrogens is 334 g/mol. The summed E-state index contributed by atoms with van der Waals surface area (Å²) in [5.74, 6) is 0.453. The quantitative estimate of drug-likeness (QED) is 0.825. The molecule has 26 heavy (non-hydrogen) atoms. The Hall–Kier alpha value is -2.12. The number of para-hydroxylation sites is 2. The molecular formula is C19H27N3O4. The summed E-state index contributed by atoms with van der Waals surface area (Å²) in [5.41, 5.74) is 0.610. The molecule has 0 unspecified atom stereocenters. The highest BCUT2D eigenvalue weighted by atomic mass is 16.5. The lowest BCUT2D eigenvalue weighted by atomic mass is 9.92. The minimum absolute atomic E-state index is 0.00529. The largest absolute Gasteiger partial charge is 0.482 e. The third kappa shape index (κ3) is 4.95. The number of hydrogen-bond acceptors (Lipinski definition) is 5. The summed E-state index contributed by atoms with van der Waals surface area (Å²) in [7, 11) is 0. The van der Waals surface area contributed by atoms with E-state index in [2.05, 4.69) is 17.6 Å². The fourth-order valence-electron chi connectivity index (χ4n) is 3.34. The van der Waals surface area contributed by atoms with Crippen LogP contribution in [-0.4, -0.2) is 62.2 Å². The zero-order chi connectivity index (χ0) is 18.4. The Bertz CT molecular complexity index is 631. The highest BCUT2D eigenvalue weighted by molar-refractivity contribution is 5.94. The van der Waals surface area contributed by atoms with Gasteiger partial charge < -0.3 is 25.0 Å². The Morgan fingerprint density at radius 1 is 1.31 bits per heavy atom. The minimum atomic E-state index is -0.0680. The van der Waals surface area contributed by atoms with Crippen molar-refractivity contribution in [2.24, 2.45) is 5.92 Å². The lowest BCUT2D eigenvalue weighted by molar-refractivity contribution is -0.137. The number of piperidine rings is 1. The molecule has 2 amide bonds. The van der Waals surface area contributed by atoms with Crippen molar-refractivity contribution in [3.05, 3.63) is 24.3 Å². The number of amides is 2. The molecule has 0 saturated carbocycles. The summed E-state index contributed by atoms with van der Waals surface area (Å²) in [5, 5.41) is 6.32. The maximum Gasteiger partial charge on any atom is 0.260 e. The van der Waals surface area contributed by atoms with Gasteiger partial charge in [0.1, 0.15) is 5.75 Å². The van der Waals surface area contributed by atoms with Gasteiger partial charge in [-0.3, -0.25) is 9.59 Å². The predicted octanol–water partition coefficient (Wildman–Crippen LogP) is 1.25. The Morgan fingerprint density at radius 2 is 2.08 bits per heavy atom. The van der Waals surface area contributed by atoms with Crippen molar-refractivity contribution in [2.45, 2.75) is 25.8 Å². The number of carbonyl (C=O) groups excluding carboxylic acids is 2. The number of nitrogens with one attached hydrogen (secondary N) is 2. The fourth-order valence-corrected chi connectivity index (χ4v) is 3.34. The topological polar surface area (TPSA) is 79.9 Å². The van der Waals surface area contributed by atoms with Crippen LogP contribution in [0.3, 0.4) is 0 Å². The summed E-state index contributed by atoms with van der Waals surface area (Å²) in [6, 6.07) is 7.59. The average Bonchev–Trinajstić information content (AvgIpc) is 2.67. The molecule has 0 aromatic heterocycles. The number of rotatable bonds is 5. The van der Waals surface area contributed by atoms with Crippen LogP contribution in [0.4, 0.5) is 5.69 Å². The summed E-state index contributed by atoms with van der Waals surface area (Å²) in [4.78, 5) is 26.5. The predicted molar refractivity (Wildman–Crippen MR) is 98.2 cm³/mol. The third-order valence-corrected chi connectivity index (χ3v) is 4.85. The van der Waals surface area contributed by atoms with Crippen molar-refractivity contribution < 1.29 is 19.1 Å². The summed E-state index contributed by atoms with van der Waals surface area (Å²) >= 11 is 0. The molecule has 7 nitrogen and oxygen atoms in total. The maximum absolute atomic E-state index is 12.6. The van der Waals surface area contributed by atoms with Gasteiger partial charge in [-0.15, -0.1) is 0 Å². The van der Waals surface area contributed by atoms with E-state index < -0.39 is 0 Å². The first-order valence-electron chi connectivity index (χ1n) is 9.25. The van der Waals surface area contributed by atoms with E-state index in [9.17, 15) is 9.59 Å². The maximum atomic E-state index is 12.6. The molecule has 1 aromatic rings. The molecule has 0 aliphatic carbocycles. The Morgan fingerprint density at radius 3 is 2.85 bits per heavy atom. The van der Waals surface area contributed by atoms with Crippen LogP contribution in [-0.2, 0) is 14.3 Å². The van der Waals surface area contributed by atoms with Gasteiger partial charge in [-0.1, -0.05) is 12.1 Å². The van der Waals surface area contributed by atoms with Gasteiger partial charge >= 0.3 is 0 Å². The van der Waals surface area contributed by atoms with Crippen LogP contribution in [0.2, 0.25) is 0 Å².